The van der Waals surface area contributed by atoms with E-state index >= 15 is 0 Å². The first-order chi connectivity index (χ1) is 14.2. The first-order valence-corrected chi connectivity index (χ1v) is 9.93. The van der Waals surface area contributed by atoms with Crippen LogP contribution in [-0.4, -0.2) is 40.7 Å². The number of hydrogen-bond acceptors (Lipinski definition) is 5. The van der Waals surface area contributed by atoms with Crippen molar-refractivity contribution in [2.45, 2.75) is 45.4 Å². The number of carbonyl (C=O) groups excluding carboxylic acids is 1. The van der Waals surface area contributed by atoms with E-state index in [9.17, 15) is 4.79 Å². The maximum Gasteiger partial charge on any atom is 0.496 e. The molecule has 0 spiro atoms. The molecule has 1 N–H and O–H groups in total. The van der Waals surface area contributed by atoms with Gasteiger partial charge >= 0.3 is 7.12 Å². The van der Waals surface area contributed by atoms with Gasteiger partial charge in [0.2, 0.25) is 0 Å². The number of amides is 1. The summed E-state index contributed by atoms with van der Waals surface area (Å²) < 4.78 is 19.3. The Morgan fingerprint density at radius 2 is 1.90 bits per heavy atom. The maximum atomic E-state index is 12.7. The van der Waals surface area contributed by atoms with Crippen LogP contribution >= 0.6 is 0 Å². The third-order valence-corrected chi connectivity index (χ3v) is 5.88. The number of methoxy groups -OCH3 is 1. The first-order valence-electron chi connectivity index (χ1n) is 9.93. The van der Waals surface area contributed by atoms with Crippen molar-refractivity contribution in [1.82, 2.24) is 14.7 Å². The molecule has 0 bridgehead atoms. The molecule has 1 fully saturated rings. The van der Waals surface area contributed by atoms with Gasteiger partial charge in [0.25, 0.3) is 5.91 Å². The molecule has 3 aromatic rings. The fourth-order valence-corrected chi connectivity index (χ4v) is 3.36. The van der Waals surface area contributed by atoms with Gasteiger partial charge in [-0.1, -0.05) is 18.2 Å². The van der Waals surface area contributed by atoms with Crippen molar-refractivity contribution in [2.75, 3.05) is 7.11 Å². The molecule has 0 atom stereocenters. The van der Waals surface area contributed by atoms with Crippen molar-refractivity contribution in [2.24, 2.45) is 0 Å². The molecule has 1 amide bonds. The molecule has 156 valence electrons. The third-order valence-electron chi connectivity index (χ3n) is 5.88. The second-order valence-corrected chi connectivity index (χ2v) is 8.47. The molecule has 1 aliphatic rings. The standard InChI is InChI=1S/C22H26BN3O4/c1-21(2)22(3,4)30-23(29-21)16-9-10-18-19(25-14-26(18)13-16)20(27)24-12-15-7-6-8-17(11-15)28-5/h6-11,13-14H,12H2,1-5H3,(H,24,27). The van der Waals surface area contributed by atoms with E-state index in [1.807, 2.05) is 74.7 Å². The Labute approximate surface area is 176 Å². The summed E-state index contributed by atoms with van der Waals surface area (Å²) in [4.78, 5) is 17.0. The van der Waals surface area contributed by atoms with Crippen molar-refractivity contribution in [3.05, 3.63) is 60.2 Å². The van der Waals surface area contributed by atoms with E-state index in [0.29, 0.717) is 12.2 Å². The minimum absolute atomic E-state index is 0.233. The summed E-state index contributed by atoms with van der Waals surface area (Å²) in [6.45, 7) is 8.48. The van der Waals surface area contributed by atoms with Gasteiger partial charge in [0, 0.05) is 12.7 Å². The molecule has 0 unspecified atom stereocenters. The average Bonchev–Trinajstić information content (AvgIpc) is 3.23. The van der Waals surface area contributed by atoms with Crippen molar-refractivity contribution >= 4 is 24.0 Å². The quantitative estimate of drug-likeness (QED) is 0.659. The molecule has 3 heterocycles. The van der Waals surface area contributed by atoms with Gasteiger partial charge in [0.05, 0.1) is 23.8 Å². The van der Waals surface area contributed by atoms with E-state index in [1.165, 1.54) is 0 Å². The molecule has 1 aromatic carbocycles. The van der Waals surface area contributed by atoms with E-state index in [1.54, 1.807) is 13.4 Å². The predicted molar refractivity (Wildman–Crippen MR) is 115 cm³/mol. The zero-order valence-corrected chi connectivity index (χ0v) is 17.9. The summed E-state index contributed by atoms with van der Waals surface area (Å²) >= 11 is 0. The summed E-state index contributed by atoms with van der Waals surface area (Å²) in [7, 11) is 1.15. The van der Waals surface area contributed by atoms with Crippen molar-refractivity contribution < 1.29 is 18.8 Å². The molecule has 7 nitrogen and oxygen atoms in total. The minimum Gasteiger partial charge on any atom is -0.497 e. The predicted octanol–water partition coefficient (Wildman–Crippen LogP) is 2.57. The molecule has 0 saturated carbocycles. The van der Waals surface area contributed by atoms with Crippen LogP contribution < -0.4 is 15.5 Å². The highest BCUT2D eigenvalue weighted by Crippen LogP contribution is 2.36. The van der Waals surface area contributed by atoms with Crippen molar-refractivity contribution in [3.8, 4) is 5.75 Å². The van der Waals surface area contributed by atoms with Gasteiger partial charge in [-0.25, -0.2) is 4.98 Å². The molecule has 1 aliphatic heterocycles. The highest BCUT2D eigenvalue weighted by molar-refractivity contribution is 6.62. The second kappa shape index (κ2) is 7.45. The maximum absolute atomic E-state index is 12.7. The lowest BCUT2D eigenvalue weighted by atomic mass is 9.80. The van der Waals surface area contributed by atoms with Gasteiger partial charge in [-0.15, -0.1) is 0 Å². The number of hydrogen-bond donors (Lipinski definition) is 1. The largest absolute Gasteiger partial charge is 0.497 e. The summed E-state index contributed by atoms with van der Waals surface area (Å²) in [6, 6.07) is 11.4. The summed E-state index contributed by atoms with van der Waals surface area (Å²) in [5.74, 6) is 0.521. The Morgan fingerprint density at radius 1 is 1.17 bits per heavy atom. The summed E-state index contributed by atoms with van der Waals surface area (Å²) in [5.41, 5.74) is 2.10. The first kappa shape index (κ1) is 20.4. The lowest BCUT2D eigenvalue weighted by Crippen LogP contribution is -2.41. The van der Waals surface area contributed by atoms with Gasteiger partial charge in [-0.05, 0) is 56.9 Å². The van der Waals surface area contributed by atoms with E-state index < -0.39 is 18.3 Å². The Bertz CT molecular complexity index is 1080. The molecule has 2 aromatic heterocycles. The Hall–Kier alpha value is -2.84. The number of pyridine rings is 1. The lowest BCUT2D eigenvalue weighted by Gasteiger charge is -2.32. The average molecular weight is 407 g/mol. The molecule has 1 saturated heterocycles. The van der Waals surface area contributed by atoms with Crippen molar-refractivity contribution in [3.63, 3.8) is 0 Å². The molecule has 4 rings (SSSR count). The number of rotatable bonds is 5. The number of aromatic nitrogens is 2. The van der Waals surface area contributed by atoms with E-state index in [0.717, 1.165) is 22.3 Å². The number of imidazole rings is 1. The highest BCUT2D eigenvalue weighted by atomic mass is 16.7. The third kappa shape index (κ3) is 3.68. The fraction of sp³-hybridized carbons (Fsp3) is 0.364. The van der Waals surface area contributed by atoms with E-state index in [4.69, 9.17) is 14.0 Å². The van der Waals surface area contributed by atoms with Gasteiger partial charge in [0.15, 0.2) is 5.69 Å². The van der Waals surface area contributed by atoms with Crippen molar-refractivity contribution in [1.29, 1.82) is 0 Å². The lowest BCUT2D eigenvalue weighted by molar-refractivity contribution is 0.00578. The van der Waals surface area contributed by atoms with Gasteiger partial charge in [-0.2, -0.15) is 0 Å². The summed E-state index contributed by atoms with van der Waals surface area (Å²) in [5, 5.41) is 2.92. The van der Waals surface area contributed by atoms with Crippen LogP contribution in [0.2, 0.25) is 0 Å². The van der Waals surface area contributed by atoms with Crippen LogP contribution in [0.1, 0.15) is 43.7 Å². The number of fused-ring (bicyclic) bond motifs is 1. The SMILES string of the molecule is COc1cccc(CNC(=O)c2ncn3cc(B4OC(C)(C)C(C)(C)O4)ccc23)c1. The fourth-order valence-electron chi connectivity index (χ4n) is 3.36. The normalized spacial score (nSPS) is 17.3. The molecule has 0 radical (unpaired) electrons. The Balaban J connectivity index is 1.50. The summed E-state index contributed by atoms with van der Waals surface area (Å²) in [6.07, 6.45) is 3.52. The molecule has 8 heteroatoms. The zero-order chi connectivity index (χ0) is 21.5. The molecule has 30 heavy (non-hydrogen) atoms. The number of benzene rings is 1. The zero-order valence-electron chi connectivity index (χ0n) is 17.9. The van der Waals surface area contributed by atoms with Crippen LogP contribution in [0.15, 0.2) is 48.9 Å². The van der Waals surface area contributed by atoms with E-state index in [-0.39, 0.29) is 5.91 Å². The van der Waals surface area contributed by atoms with Crippen LogP contribution in [0.25, 0.3) is 5.52 Å². The Kier molecular flexibility index (Phi) is 5.07. The van der Waals surface area contributed by atoms with Crippen LogP contribution in [0.3, 0.4) is 0 Å². The van der Waals surface area contributed by atoms with Crippen LogP contribution in [0.5, 0.6) is 5.75 Å². The monoisotopic (exact) mass is 407 g/mol. The van der Waals surface area contributed by atoms with Gasteiger partial charge in [-0.3, -0.25) is 4.79 Å². The topological polar surface area (TPSA) is 74.1 Å². The number of nitrogens with one attached hydrogen (secondary N) is 1. The van der Waals surface area contributed by atoms with Gasteiger partial charge < -0.3 is 23.8 Å². The molecular weight excluding hydrogens is 381 g/mol. The van der Waals surface area contributed by atoms with Crippen LogP contribution in [0.4, 0.5) is 0 Å². The number of carbonyl (C=O) groups is 1. The van der Waals surface area contributed by atoms with Crippen LogP contribution in [-0.2, 0) is 15.9 Å². The van der Waals surface area contributed by atoms with Gasteiger partial charge in [0.1, 0.15) is 12.1 Å². The molecule has 0 aliphatic carbocycles. The number of nitrogens with zero attached hydrogens (tertiary/aromatic N) is 2. The smallest absolute Gasteiger partial charge is 0.496 e. The molecular formula is C22H26BN3O4. The second-order valence-electron chi connectivity index (χ2n) is 8.47. The van der Waals surface area contributed by atoms with Crippen LogP contribution in [0, 0.1) is 0 Å². The minimum atomic E-state index is -0.466. The highest BCUT2D eigenvalue weighted by Gasteiger charge is 2.51. The number of ether oxygens (including phenoxy) is 1. The van der Waals surface area contributed by atoms with E-state index in [2.05, 4.69) is 10.3 Å². The Morgan fingerprint density at radius 3 is 2.60 bits per heavy atom.